The number of piperidine rings is 1. The summed E-state index contributed by atoms with van der Waals surface area (Å²) in [7, 11) is 1.41. The zero-order valence-electron chi connectivity index (χ0n) is 24.1. The largest absolute Gasteiger partial charge is 0.469 e. The molecule has 3 aromatic rings. The lowest BCUT2D eigenvalue weighted by Gasteiger charge is -2.33. The van der Waals surface area contributed by atoms with E-state index in [0.29, 0.717) is 25.0 Å². The van der Waals surface area contributed by atoms with E-state index < -0.39 is 5.60 Å². The number of nitrogens with zero attached hydrogens (tertiary/aromatic N) is 4. The molecule has 1 aromatic carbocycles. The summed E-state index contributed by atoms with van der Waals surface area (Å²) in [5, 5.41) is 3.27. The Hall–Kier alpha value is -4.01. The SMILES string of the molecule is COC(=O)Cc1ccccc1CCc1nc(Nc2ccc(C3CCN(C(=O)OC(C)(C)C)CC3)nc2)ncc1C. The quantitative estimate of drug-likeness (QED) is 0.368. The fourth-order valence-electron chi connectivity index (χ4n) is 4.78. The van der Waals surface area contributed by atoms with Crippen LogP contribution in [0.5, 0.6) is 0 Å². The van der Waals surface area contributed by atoms with Crippen LogP contribution in [0.3, 0.4) is 0 Å². The highest BCUT2D eigenvalue weighted by atomic mass is 16.6. The molecule has 2 aromatic heterocycles. The van der Waals surface area contributed by atoms with Crippen LogP contribution in [-0.4, -0.2) is 57.7 Å². The third-order valence-electron chi connectivity index (χ3n) is 7.00. The number of aryl methyl sites for hydroxylation is 3. The number of methoxy groups -OCH3 is 1. The average molecular weight is 546 g/mol. The number of likely N-dealkylation sites (tertiary alicyclic amines) is 1. The highest BCUT2D eigenvalue weighted by molar-refractivity contribution is 5.73. The standard InChI is InChI=1S/C31H39N5O4/c1-21-19-33-29(35-26(21)12-10-22-8-6-7-9-24(22)18-28(37)39-5)34-25-11-13-27(32-20-25)23-14-16-36(17-15-23)30(38)40-31(2,3)4/h6-9,11,13,19-20,23H,10,12,14-18H2,1-5H3,(H,33,34,35). The van der Waals surface area contributed by atoms with E-state index in [1.165, 1.54) is 7.11 Å². The van der Waals surface area contributed by atoms with Crippen molar-refractivity contribution in [2.24, 2.45) is 0 Å². The molecule has 9 nitrogen and oxygen atoms in total. The number of esters is 1. The van der Waals surface area contributed by atoms with Gasteiger partial charge in [-0.3, -0.25) is 9.78 Å². The molecule has 1 N–H and O–H groups in total. The number of pyridine rings is 1. The Morgan fingerprint density at radius 3 is 2.38 bits per heavy atom. The Balaban J connectivity index is 1.34. The Morgan fingerprint density at radius 1 is 1.00 bits per heavy atom. The normalized spacial score (nSPS) is 14.1. The summed E-state index contributed by atoms with van der Waals surface area (Å²) < 4.78 is 10.3. The van der Waals surface area contributed by atoms with E-state index in [1.807, 2.05) is 76.5 Å². The van der Waals surface area contributed by atoms with Crippen LogP contribution < -0.4 is 5.32 Å². The smallest absolute Gasteiger partial charge is 0.410 e. The highest BCUT2D eigenvalue weighted by Crippen LogP contribution is 2.28. The van der Waals surface area contributed by atoms with Crippen LogP contribution in [0.25, 0.3) is 0 Å². The van der Waals surface area contributed by atoms with Gasteiger partial charge in [-0.15, -0.1) is 0 Å². The van der Waals surface area contributed by atoms with Gasteiger partial charge >= 0.3 is 12.1 Å². The minimum absolute atomic E-state index is 0.247. The first kappa shape index (κ1) is 29.0. The van der Waals surface area contributed by atoms with E-state index in [4.69, 9.17) is 19.4 Å². The van der Waals surface area contributed by atoms with Crippen molar-refractivity contribution in [2.45, 2.75) is 71.3 Å². The molecule has 0 bridgehead atoms. The minimum Gasteiger partial charge on any atom is -0.469 e. The summed E-state index contributed by atoms with van der Waals surface area (Å²) in [4.78, 5) is 39.8. The summed E-state index contributed by atoms with van der Waals surface area (Å²) in [6.45, 7) is 8.98. The van der Waals surface area contributed by atoms with Crippen LogP contribution >= 0.6 is 0 Å². The van der Waals surface area contributed by atoms with Gasteiger partial charge in [0.05, 0.1) is 25.4 Å². The maximum Gasteiger partial charge on any atom is 0.410 e. The Morgan fingerprint density at radius 2 is 1.73 bits per heavy atom. The molecule has 1 fully saturated rings. The van der Waals surface area contributed by atoms with E-state index in [2.05, 4.69) is 10.3 Å². The maximum atomic E-state index is 12.3. The summed E-state index contributed by atoms with van der Waals surface area (Å²) in [5.41, 5.74) is 5.39. The Bertz CT molecular complexity index is 1310. The first-order valence-corrected chi connectivity index (χ1v) is 13.8. The van der Waals surface area contributed by atoms with Gasteiger partial charge in [0.15, 0.2) is 0 Å². The first-order chi connectivity index (χ1) is 19.1. The molecule has 0 spiro atoms. The summed E-state index contributed by atoms with van der Waals surface area (Å²) in [5.74, 6) is 0.573. The molecule has 4 rings (SSSR count). The van der Waals surface area contributed by atoms with Crippen molar-refractivity contribution in [3.05, 3.63) is 76.9 Å². The molecule has 1 aliphatic heterocycles. The van der Waals surface area contributed by atoms with Gasteiger partial charge in [0.25, 0.3) is 0 Å². The van der Waals surface area contributed by atoms with Gasteiger partial charge in [0.2, 0.25) is 5.95 Å². The molecule has 0 saturated carbocycles. The van der Waals surface area contributed by atoms with Crippen molar-refractivity contribution >= 4 is 23.7 Å². The maximum absolute atomic E-state index is 12.3. The van der Waals surface area contributed by atoms with Crippen LogP contribution in [0.1, 0.15) is 67.6 Å². The van der Waals surface area contributed by atoms with Crippen molar-refractivity contribution in [3.63, 3.8) is 0 Å². The molecule has 0 unspecified atom stereocenters. The second kappa shape index (κ2) is 12.9. The number of rotatable bonds is 8. The van der Waals surface area contributed by atoms with Gasteiger partial charge in [-0.05, 0) is 82.2 Å². The lowest BCUT2D eigenvalue weighted by atomic mass is 9.93. The molecule has 0 aliphatic carbocycles. The fourth-order valence-corrected chi connectivity index (χ4v) is 4.78. The highest BCUT2D eigenvalue weighted by Gasteiger charge is 2.28. The monoisotopic (exact) mass is 545 g/mol. The third kappa shape index (κ3) is 8.00. The average Bonchev–Trinajstić information content (AvgIpc) is 2.93. The van der Waals surface area contributed by atoms with Crippen molar-refractivity contribution in [3.8, 4) is 0 Å². The lowest BCUT2D eigenvalue weighted by molar-refractivity contribution is -0.139. The van der Waals surface area contributed by atoms with Gasteiger partial charge in [-0.25, -0.2) is 14.8 Å². The zero-order chi connectivity index (χ0) is 28.7. The predicted molar refractivity (Wildman–Crippen MR) is 154 cm³/mol. The molecule has 0 radical (unpaired) electrons. The molecule has 0 atom stereocenters. The second-order valence-corrected chi connectivity index (χ2v) is 11.2. The minimum atomic E-state index is -0.489. The molecule has 1 amide bonds. The van der Waals surface area contributed by atoms with Crippen LogP contribution in [0.4, 0.5) is 16.4 Å². The van der Waals surface area contributed by atoms with Crippen molar-refractivity contribution < 1.29 is 19.1 Å². The van der Waals surface area contributed by atoms with Gasteiger partial charge in [0.1, 0.15) is 5.60 Å². The van der Waals surface area contributed by atoms with Crippen molar-refractivity contribution in [2.75, 3.05) is 25.5 Å². The number of benzene rings is 1. The van der Waals surface area contributed by atoms with Crippen LogP contribution in [0, 0.1) is 6.92 Å². The first-order valence-electron chi connectivity index (χ1n) is 13.8. The molecule has 40 heavy (non-hydrogen) atoms. The van der Waals surface area contributed by atoms with E-state index in [1.54, 1.807) is 4.90 Å². The molecule has 212 valence electrons. The number of ether oxygens (including phenoxy) is 2. The molecular weight excluding hydrogens is 506 g/mol. The number of carbonyl (C=O) groups excluding carboxylic acids is 2. The lowest BCUT2D eigenvalue weighted by Crippen LogP contribution is -2.41. The summed E-state index contributed by atoms with van der Waals surface area (Å²) in [6, 6.07) is 12.0. The van der Waals surface area contributed by atoms with E-state index in [9.17, 15) is 9.59 Å². The Kier molecular flexibility index (Phi) is 9.34. The zero-order valence-corrected chi connectivity index (χ0v) is 24.1. The molecule has 3 heterocycles. The van der Waals surface area contributed by atoms with Crippen molar-refractivity contribution in [1.29, 1.82) is 0 Å². The van der Waals surface area contributed by atoms with Crippen LogP contribution in [0.2, 0.25) is 0 Å². The van der Waals surface area contributed by atoms with Crippen LogP contribution in [0.15, 0.2) is 48.8 Å². The number of aromatic nitrogens is 3. The second-order valence-electron chi connectivity index (χ2n) is 11.2. The number of carbonyl (C=O) groups is 2. The number of amides is 1. The van der Waals surface area contributed by atoms with Gasteiger partial charge in [-0.2, -0.15) is 0 Å². The van der Waals surface area contributed by atoms with Crippen molar-refractivity contribution in [1.82, 2.24) is 19.9 Å². The number of hydrogen-bond donors (Lipinski definition) is 1. The molecular formula is C31H39N5O4. The number of hydrogen-bond acceptors (Lipinski definition) is 8. The Labute approximate surface area is 236 Å². The summed E-state index contributed by atoms with van der Waals surface area (Å²) in [6.07, 6.45) is 6.83. The van der Waals surface area contributed by atoms with Crippen LogP contribution in [-0.2, 0) is 33.5 Å². The molecule has 1 saturated heterocycles. The third-order valence-corrected chi connectivity index (χ3v) is 7.00. The van der Waals surface area contributed by atoms with E-state index in [-0.39, 0.29) is 18.5 Å². The molecule has 9 heteroatoms. The molecule has 1 aliphatic rings. The topological polar surface area (TPSA) is 107 Å². The van der Waals surface area contributed by atoms with E-state index >= 15 is 0 Å². The predicted octanol–water partition coefficient (Wildman–Crippen LogP) is 5.54. The van der Waals surface area contributed by atoms with Gasteiger partial charge in [-0.1, -0.05) is 24.3 Å². The fraction of sp³-hybridized carbons (Fsp3) is 0.452. The number of nitrogens with one attached hydrogen (secondary N) is 1. The summed E-state index contributed by atoms with van der Waals surface area (Å²) >= 11 is 0. The van der Waals surface area contributed by atoms with E-state index in [0.717, 1.165) is 59.4 Å². The van der Waals surface area contributed by atoms with Gasteiger partial charge < -0.3 is 19.7 Å². The van der Waals surface area contributed by atoms with Gasteiger partial charge in [0, 0.05) is 36.6 Å². The number of anilines is 2.